The third kappa shape index (κ3) is 11.4. The van der Waals surface area contributed by atoms with Crippen molar-refractivity contribution in [3.8, 4) is 0 Å². The number of furan rings is 1. The molecular formula is C17H32IN3O2. The summed E-state index contributed by atoms with van der Waals surface area (Å²) in [6.45, 7) is 8.78. The molecule has 1 heterocycles. The second-order valence-corrected chi connectivity index (χ2v) is 6.00. The van der Waals surface area contributed by atoms with E-state index in [2.05, 4.69) is 36.4 Å². The van der Waals surface area contributed by atoms with Crippen LogP contribution in [-0.2, 0) is 11.3 Å². The van der Waals surface area contributed by atoms with Crippen LogP contribution in [0.5, 0.6) is 0 Å². The summed E-state index contributed by atoms with van der Waals surface area (Å²) in [5.74, 6) is 2.47. The predicted molar refractivity (Wildman–Crippen MR) is 106 cm³/mol. The van der Waals surface area contributed by atoms with Gasteiger partial charge in [-0.15, -0.1) is 24.0 Å². The van der Waals surface area contributed by atoms with E-state index >= 15 is 0 Å². The van der Waals surface area contributed by atoms with Crippen LogP contribution >= 0.6 is 24.0 Å². The van der Waals surface area contributed by atoms with Crippen molar-refractivity contribution in [2.24, 2.45) is 10.9 Å². The quantitative estimate of drug-likeness (QED) is 0.253. The molecule has 2 N–H and O–H groups in total. The second-order valence-electron chi connectivity index (χ2n) is 6.00. The zero-order valence-electron chi connectivity index (χ0n) is 14.8. The number of guanidine groups is 1. The van der Waals surface area contributed by atoms with Crippen molar-refractivity contribution in [3.63, 3.8) is 0 Å². The molecule has 0 spiro atoms. The van der Waals surface area contributed by atoms with E-state index in [1.54, 1.807) is 13.3 Å². The number of halogens is 1. The molecule has 1 rings (SSSR count). The molecule has 134 valence electrons. The van der Waals surface area contributed by atoms with Crippen LogP contribution in [0.1, 0.15) is 45.8 Å². The molecule has 0 fully saturated rings. The SMILES string of the molecule is CN=C(NCCCOCc1ccco1)NC(C)CCC(C)C.I. The minimum absolute atomic E-state index is 0. The van der Waals surface area contributed by atoms with Crippen molar-refractivity contribution >= 4 is 29.9 Å². The molecule has 0 radical (unpaired) electrons. The number of nitrogens with zero attached hydrogens (tertiary/aromatic N) is 1. The summed E-state index contributed by atoms with van der Waals surface area (Å²) >= 11 is 0. The lowest BCUT2D eigenvalue weighted by Crippen LogP contribution is -2.42. The van der Waals surface area contributed by atoms with E-state index in [1.807, 2.05) is 12.1 Å². The first-order valence-electron chi connectivity index (χ1n) is 8.19. The molecule has 23 heavy (non-hydrogen) atoms. The van der Waals surface area contributed by atoms with Crippen molar-refractivity contribution in [3.05, 3.63) is 24.2 Å². The van der Waals surface area contributed by atoms with Crippen LogP contribution in [0, 0.1) is 5.92 Å². The summed E-state index contributed by atoms with van der Waals surface area (Å²) in [7, 11) is 1.80. The van der Waals surface area contributed by atoms with Crippen molar-refractivity contribution in [2.45, 2.75) is 52.7 Å². The van der Waals surface area contributed by atoms with Crippen LogP contribution in [0.2, 0.25) is 0 Å². The number of hydrogen-bond donors (Lipinski definition) is 2. The van der Waals surface area contributed by atoms with Crippen molar-refractivity contribution in [1.29, 1.82) is 0 Å². The first-order chi connectivity index (χ1) is 10.6. The van der Waals surface area contributed by atoms with Gasteiger partial charge in [0.25, 0.3) is 0 Å². The highest BCUT2D eigenvalue weighted by atomic mass is 127. The van der Waals surface area contributed by atoms with E-state index < -0.39 is 0 Å². The van der Waals surface area contributed by atoms with Crippen molar-refractivity contribution in [2.75, 3.05) is 20.2 Å². The Balaban J connectivity index is 0.00000484. The van der Waals surface area contributed by atoms with Gasteiger partial charge in [0.1, 0.15) is 12.4 Å². The van der Waals surface area contributed by atoms with E-state index in [9.17, 15) is 0 Å². The molecule has 1 aromatic heterocycles. The Hall–Kier alpha value is -0.760. The average molecular weight is 437 g/mol. The van der Waals surface area contributed by atoms with Gasteiger partial charge in [-0.05, 0) is 44.2 Å². The van der Waals surface area contributed by atoms with Gasteiger partial charge in [0, 0.05) is 26.2 Å². The molecular weight excluding hydrogens is 405 g/mol. The van der Waals surface area contributed by atoms with Gasteiger partial charge in [-0.25, -0.2) is 0 Å². The number of aliphatic imine (C=N–C) groups is 1. The topological polar surface area (TPSA) is 58.8 Å². The maximum atomic E-state index is 5.55. The van der Waals surface area contributed by atoms with Crippen molar-refractivity contribution in [1.82, 2.24) is 10.6 Å². The van der Waals surface area contributed by atoms with Gasteiger partial charge in [-0.2, -0.15) is 0 Å². The van der Waals surface area contributed by atoms with Gasteiger partial charge < -0.3 is 19.8 Å². The predicted octanol–water partition coefficient (Wildman–Crippen LogP) is 3.79. The number of hydrogen-bond acceptors (Lipinski definition) is 3. The lowest BCUT2D eigenvalue weighted by atomic mass is 10.0. The van der Waals surface area contributed by atoms with Crippen LogP contribution in [-0.4, -0.2) is 32.2 Å². The minimum Gasteiger partial charge on any atom is -0.467 e. The highest BCUT2D eigenvalue weighted by molar-refractivity contribution is 14.0. The summed E-state index contributed by atoms with van der Waals surface area (Å²) in [6, 6.07) is 4.22. The largest absolute Gasteiger partial charge is 0.467 e. The van der Waals surface area contributed by atoms with Crippen LogP contribution in [0.15, 0.2) is 27.8 Å². The van der Waals surface area contributed by atoms with Gasteiger partial charge in [0.05, 0.1) is 6.26 Å². The van der Waals surface area contributed by atoms with E-state index in [1.165, 1.54) is 6.42 Å². The first-order valence-corrected chi connectivity index (χ1v) is 8.19. The summed E-state index contributed by atoms with van der Waals surface area (Å²) in [5.41, 5.74) is 0. The Morgan fingerprint density at radius 2 is 2.09 bits per heavy atom. The van der Waals surface area contributed by atoms with Gasteiger partial charge in [-0.3, -0.25) is 4.99 Å². The molecule has 0 aromatic carbocycles. The Labute approximate surface area is 157 Å². The van der Waals surface area contributed by atoms with Gasteiger partial charge in [0.15, 0.2) is 5.96 Å². The molecule has 5 nitrogen and oxygen atoms in total. The molecule has 0 aliphatic heterocycles. The molecule has 0 saturated heterocycles. The zero-order valence-corrected chi connectivity index (χ0v) is 17.1. The van der Waals surface area contributed by atoms with E-state index in [4.69, 9.17) is 9.15 Å². The molecule has 1 unspecified atom stereocenters. The van der Waals surface area contributed by atoms with Gasteiger partial charge in [0.2, 0.25) is 0 Å². The van der Waals surface area contributed by atoms with E-state index in [0.29, 0.717) is 19.3 Å². The molecule has 0 bridgehead atoms. The van der Waals surface area contributed by atoms with Crippen molar-refractivity contribution < 1.29 is 9.15 Å². The van der Waals surface area contributed by atoms with Gasteiger partial charge in [-0.1, -0.05) is 13.8 Å². The molecule has 0 amide bonds. The Kier molecular flexibility index (Phi) is 13.2. The van der Waals surface area contributed by atoms with Crippen LogP contribution in [0.4, 0.5) is 0 Å². The minimum atomic E-state index is 0. The Bertz CT molecular complexity index is 408. The lowest BCUT2D eigenvalue weighted by Gasteiger charge is -2.18. The molecule has 1 aromatic rings. The zero-order chi connectivity index (χ0) is 16.2. The fourth-order valence-corrected chi connectivity index (χ4v) is 2.03. The van der Waals surface area contributed by atoms with Crippen LogP contribution < -0.4 is 10.6 Å². The summed E-state index contributed by atoms with van der Waals surface area (Å²) in [4.78, 5) is 4.25. The monoisotopic (exact) mass is 437 g/mol. The molecule has 0 aliphatic rings. The maximum Gasteiger partial charge on any atom is 0.191 e. The number of ether oxygens (including phenoxy) is 1. The summed E-state index contributed by atoms with van der Waals surface area (Å²) in [5, 5.41) is 6.74. The fourth-order valence-electron chi connectivity index (χ4n) is 2.03. The Morgan fingerprint density at radius 3 is 2.70 bits per heavy atom. The summed E-state index contributed by atoms with van der Waals surface area (Å²) < 4.78 is 10.8. The highest BCUT2D eigenvalue weighted by Crippen LogP contribution is 2.06. The normalized spacial score (nSPS) is 12.8. The smallest absolute Gasteiger partial charge is 0.191 e. The average Bonchev–Trinajstić information content (AvgIpc) is 3.00. The first kappa shape index (κ1) is 22.2. The number of nitrogens with one attached hydrogen (secondary N) is 2. The number of rotatable bonds is 10. The van der Waals surface area contributed by atoms with E-state index in [-0.39, 0.29) is 24.0 Å². The van der Waals surface area contributed by atoms with Crippen LogP contribution in [0.3, 0.4) is 0 Å². The Morgan fingerprint density at radius 1 is 1.30 bits per heavy atom. The molecule has 0 aliphatic carbocycles. The van der Waals surface area contributed by atoms with E-state index in [0.717, 1.165) is 37.0 Å². The maximum absolute atomic E-state index is 5.55. The highest BCUT2D eigenvalue weighted by Gasteiger charge is 2.06. The van der Waals surface area contributed by atoms with Crippen LogP contribution in [0.25, 0.3) is 0 Å². The third-order valence-electron chi connectivity index (χ3n) is 3.37. The lowest BCUT2D eigenvalue weighted by molar-refractivity contribution is 0.105. The molecule has 1 atom stereocenters. The fraction of sp³-hybridized carbons (Fsp3) is 0.706. The molecule has 0 saturated carbocycles. The second kappa shape index (κ2) is 13.7. The van der Waals surface area contributed by atoms with Gasteiger partial charge >= 0.3 is 0 Å². The standard InChI is InChI=1S/C17H31N3O2.HI/c1-14(2)8-9-15(3)20-17(18-4)19-10-6-11-21-13-16-7-5-12-22-16;/h5,7,12,14-15H,6,8-11,13H2,1-4H3,(H2,18,19,20);1H. The third-order valence-corrected chi connectivity index (χ3v) is 3.37. The molecule has 6 heteroatoms. The summed E-state index contributed by atoms with van der Waals surface area (Å²) in [6.07, 6.45) is 4.98.